The van der Waals surface area contributed by atoms with Gasteiger partial charge in [-0.3, -0.25) is 0 Å². The van der Waals surface area contributed by atoms with Crippen LogP contribution in [0.4, 0.5) is 0 Å². The van der Waals surface area contributed by atoms with Gasteiger partial charge in [-0.15, -0.1) is 0 Å². The van der Waals surface area contributed by atoms with Crippen molar-refractivity contribution < 1.29 is 13.6 Å². The van der Waals surface area contributed by atoms with Gasteiger partial charge in [0, 0.05) is 17.9 Å². The Labute approximate surface area is 185 Å². The molecule has 0 aliphatic carbocycles. The summed E-state index contributed by atoms with van der Waals surface area (Å²) in [6.07, 6.45) is 2.03. The van der Waals surface area contributed by atoms with Crippen molar-refractivity contribution in [2.75, 3.05) is 0 Å². The molecule has 4 atom stereocenters. The minimum Gasteiger partial charge on any atom is -0.413 e. The molecule has 0 spiro atoms. The van der Waals surface area contributed by atoms with E-state index in [-0.39, 0.29) is 29.1 Å². The molecule has 0 radical (unpaired) electrons. The predicted molar refractivity (Wildman–Crippen MR) is 133 cm³/mol. The molecule has 0 heterocycles. The van der Waals surface area contributed by atoms with Crippen LogP contribution in [0.5, 0.6) is 0 Å². The summed E-state index contributed by atoms with van der Waals surface area (Å²) in [4.78, 5) is 11.8. The molecular formula is C24H52O3Si2. The van der Waals surface area contributed by atoms with Gasteiger partial charge in [-0.25, -0.2) is 0 Å². The second-order valence-corrected chi connectivity index (χ2v) is 21.7. The van der Waals surface area contributed by atoms with Gasteiger partial charge in [0.25, 0.3) is 0 Å². The molecule has 0 fully saturated rings. The second kappa shape index (κ2) is 11.1. The lowest BCUT2D eigenvalue weighted by molar-refractivity contribution is -0.115. The van der Waals surface area contributed by atoms with Crippen LogP contribution in [0.3, 0.4) is 0 Å². The Bertz CT molecular complexity index is 473. The lowest BCUT2D eigenvalue weighted by Crippen LogP contribution is -2.54. The van der Waals surface area contributed by atoms with Crippen molar-refractivity contribution in [1.29, 1.82) is 0 Å². The fourth-order valence-corrected chi connectivity index (χ4v) is 11.9. The second-order valence-electron chi connectivity index (χ2n) is 11.6. The normalized spacial score (nSPS) is 18.2. The summed E-state index contributed by atoms with van der Waals surface area (Å²) >= 11 is 0. The zero-order chi connectivity index (χ0) is 23.4. The fraction of sp³-hybridized carbons (Fsp3) is 0.958. The number of carbonyl (C=O) groups excluding carboxylic acids is 1. The summed E-state index contributed by atoms with van der Waals surface area (Å²) in [6, 6.07) is 0. The molecule has 0 N–H and O–H groups in total. The van der Waals surface area contributed by atoms with E-state index in [1.54, 1.807) is 0 Å². The van der Waals surface area contributed by atoms with Gasteiger partial charge in [0.15, 0.2) is 8.32 Å². The van der Waals surface area contributed by atoms with Crippen molar-refractivity contribution in [2.24, 2.45) is 11.8 Å². The highest BCUT2D eigenvalue weighted by Gasteiger charge is 2.49. The third-order valence-electron chi connectivity index (χ3n) is 7.54. The van der Waals surface area contributed by atoms with Crippen molar-refractivity contribution in [3.63, 3.8) is 0 Å². The first-order chi connectivity index (χ1) is 13.0. The van der Waals surface area contributed by atoms with E-state index in [2.05, 4.69) is 89.3 Å². The monoisotopic (exact) mass is 444 g/mol. The van der Waals surface area contributed by atoms with Crippen molar-refractivity contribution in [1.82, 2.24) is 0 Å². The Hall–Kier alpha value is 0.0238. The Morgan fingerprint density at radius 3 is 1.52 bits per heavy atom. The molecule has 0 amide bonds. The molecule has 29 heavy (non-hydrogen) atoms. The molecule has 0 aromatic rings. The molecule has 0 aromatic heterocycles. The summed E-state index contributed by atoms with van der Waals surface area (Å²) in [7, 11) is -3.99. The highest BCUT2D eigenvalue weighted by molar-refractivity contribution is 6.77. The van der Waals surface area contributed by atoms with Crippen LogP contribution in [0, 0.1) is 11.8 Å². The number of carbonyl (C=O) groups is 1. The Morgan fingerprint density at radius 1 is 0.828 bits per heavy atom. The van der Waals surface area contributed by atoms with Gasteiger partial charge in [-0.1, -0.05) is 83.1 Å². The van der Waals surface area contributed by atoms with E-state index in [4.69, 9.17) is 8.85 Å². The largest absolute Gasteiger partial charge is 0.413 e. The number of hydrogen-bond donors (Lipinski definition) is 0. The summed E-state index contributed by atoms with van der Waals surface area (Å²) in [5, 5.41) is 0.114. The third kappa shape index (κ3) is 6.75. The van der Waals surface area contributed by atoms with Crippen LogP contribution >= 0.6 is 0 Å². The summed E-state index contributed by atoms with van der Waals surface area (Å²) in [5.41, 5.74) is 1.64. The van der Waals surface area contributed by atoms with E-state index in [0.717, 1.165) is 12.7 Å². The average molecular weight is 445 g/mol. The van der Waals surface area contributed by atoms with Crippen LogP contribution in [0.25, 0.3) is 0 Å². The maximum Gasteiger partial charge on any atom is 0.200 e. The zero-order valence-electron chi connectivity index (χ0n) is 22.1. The minimum atomic E-state index is -2.00. The van der Waals surface area contributed by atoms with Crippen LogP contribution in [0.1, 0.15) is 89.5 Å². The molecule has 0 aliphatic heterocycles. The third-order valence-corrected chi connectivity index (χ3v) is 18.1. The molecule has 0 rings (SSSR count). The van der Waals surface area contributed by atoms with E-state index in [1.165, 1.54) is 0 Å². The first-order valence-electron chi connectivity index (χ1n) is 11.8. The topological polar surface area (TPSA) is 35.5 Å². The van der Waals surface area contributed by atoms with Gasteiger partial charge in [0.1, 0.15) is 6.29 Å². The molecule has 174 valence electrons. The summed E-state index contributed by atoms with van der Waals surface area (Å²) < 4.78 is 14.0. The van der Waals surface area contributed by atoms with Gasteiger partial charge in [-0.05, 0) is 41.2 Å². The Morgan fingerprint density at radius 2 is 1.24 bits per heavy atom. The van der Waals surface area contributed by atoms with Gasteiger partial charge in [0.05, 0.1) is 6.10 Å². The molecule has 0 unspecified atom stereocenters. The zero-order valence-corrected chi connectivity index (χ0v) is 24.1. The van der Waals surface area contributed by atoms with Crippen molar-refractivity contribution >= 4 is 22.9 Å². The van der Waals surface area contributed by atoms with Crippen LogP contribution in [0.15, 0.2) is 0 Å². The maximum atomic E-state index is 11.8. The highest BCUT2D eigenvalue weighted by Crippen LogP contribution is 2.45. The number of aldehydes is 1. The number of rotatable bonds is 12. The molecule has 0 aliphatic rings. The summed E-state index contributed by atoms with van der Waals surface area (Å²) in [5.74, 6) is 0.0439. The van der Waals surface area contributed by atoms with Gasteiger partial charge >= 0.3 is 0 Å². The van der Waals surface area contributed by atoms with E-state index in [9.17, 15) is 4.79 Å². The average Bonchev–Trinajstić information content (AvgIpc) is 2.57. The first kappa shape index (κ1) is 29.0. The first-order valence-corrected chi connectivity index (χ1v) is 16.8. The SMILES string of the molecule is CC[C@@H](O[Si](C(C)C)(C(C)C)C(C)C)[C@H](C)[C@H](O[Si](C)(C)C(C)(C)C)[C@@H](C)C=O. The van der Waals surface area contributed by atoms with E-state index in [1.807, 2.05) is 6.92 Å². The lowest BCUT2D eigenvalue weighted by Gasteiger charge is -2.48. The van der Waals surface area contributed by atoms with Crippen molar-refractivity contribution in [2.45, 2.75) is 136 Å². The standard InChI is InChI=1S/C24H52O3Si2/c1-15-22(26-29(17(2)3,18(4)5)19(6)7)21(9)23(20(8)16-25)27-28(13,14)24(10,11)12/h16-23H,15H2,1-14H3/t20-,21-,22+,23+/m0/s1. The Balaban J connectivity index is 6.01. The van der Waals surface area contributed by atoms with E-state index < -0.39 is 16.6 Å². The van der Waals surface area contributed by atoms with Gasteiger partial charge in [0.2, 0.25) is 8.32 Å². The predicted octanol–water partition coefficient (Wildman–Crippen LogP) is 7.82. The Kier molecular flexibility index (Phi) is 11.1. The maximum absolute atomic E-state index is 11.8. The summed E-state index contributed by atoms with van der Waals surface area (Å²) in [6.45, 7) is 31.8. The molecule has 5 heteroatoms. The minimum absolute atomic E-state index is 0.100. The fourth-order valence-electron chi connectivity index (χ4n) is 4.73. The van der Waals surface area contributed by atoms with E-state index >= 15 is 0 Å². The van der Waals surface area contributed by atoms with Crippen LogP contribution in [-0.4, -0.2) is 35.1 Å². The van der Waals surface area contributed by atoms with Gasteiger partial charge < -0.3 is 13.6 Å². The lowest BCUT2D eigenvalue weighted by atomic mass is 9.89. The molecule has 0 aromatic carbocycles. The molecular weight excluding hydrogens is 392 g/mol. The molecule has 0 saturated carbocycles. The molecule has 0 saturated heterocycles. The molecule has 0 bridgehead atoms. The van der Waals surface area contributed by atoms with Crippen molar-refractivity contribution in [3.8, 4) is 0 Å². The van der Waals surface area contributed by atoms with Gasteiger partial charge in [-0.2, -0.15) is 0 Å². The van der Waals surface area contributed by atoms with Crippen LogP contribution < -0.4 is 0 Å². The highest BCUT2D eigenvalue weighted by atomic mass is 28.4. The van der Waals surface area contributed by atoms with E-state index in [0.29, 0.717) is 16.6 Å². The number of hydrogen-bond acceptors (Lipinski definition) is 3. The van der Waals surface area contributed by atoms with Crippen LogP contribution in [-0.2, 0) is 13.6 Å². The molecule has 3 nitrogen and oxygen atoms in total. The van der Waals surface area contributed by atoms with Crippen LogP contribution in [0.2, 0.25) is 34.8 Å². The quantitative estimate of drug-likeness (QED) is 0.227. The van der Waals surface area contributed by atoms with Crippen molar-refractivity contribution in [3.05, 3.63) is 0 Å². The smallest absolute Gasteiger partial charge is 0.200 e.